The quantitative estimate of drug-likeness (QED) is 0.821. The summed E-state index contributed by atoms with van der Waals surface area (Å²) in [4.78, 5) is 9.86. The van der Waals surface area contributed by atoms with Crippen LogP contribution >= 0.6 is 12.4 Å². The van der Waals surface area contributed by atoms with Gasteiger partial charge in [-0.2, -0.15) is 0 Å². The van der Waals surface area contributed by atoms with Crippen molar-refractivity contribution in [2.24, 2.45) is 0 Å². The Morgan fingerprint density at radius 1 is 1.47 bits per heavy atom. The van der Waals surface area contributed by atoms with E-state index in [-0.39, 0.29) is 12.4 Å². The molecule has 84 valence electrons. The summed E-state index contributed by atoms with van der Waals surface area (Å²) in [5.74, 6) is 0.187. The molecule has 0 amide bonds. The second kappa shape index (κ2) is 5.23. The van der Waals surface area contributed by atoms with E-state index in [0.717, 1.165) is 19.5 Å². The van der Waals surface area contributed by atoms with Gasteiger partial charge in [-0.05, 0) is 13.0 Å². The van der Waals surface area contributed by atoms with Crippen LogP contribution in [0.2, 0.25) is 0 Å². The molecular formula is C9H14ClFN4. The maximum atomic E-state index is 12.6. The molecule has 0 unspecified atom stereocenters. The number of hydrogen-bond acceptors (Lipinski definition) is 4. The maximum Gasteiger partial charge on any atom is 0.225 e. The number of halogens is 2. The Morgan fingerprint density at radius 2 is 2.13 bits per heavy atom. The molecule has 1 aromatic heterocycles. The van der Waals surface area contributed by atoms with E-state index in [0.29, 0.717) is 12.0 Å². The molecule has 15 heavy (non-hydrogen) atoms. The van der Waals surface area contributed by atoms with E-state index in [9.17, 15) is 4.39 Å². The highest BCUT2D eigenvalue weighted by Gasteiger charge is 2.20. The van der Waals surface area contributed by atoms with E-state index in [1.165, 1.54) is 12.4 Å². The molecule has 1 N–H and O–H groups in total. The third-order valence-corrected chi connectivity index (χ3v) is 2.50. The van der Waals surface area contributed by atoms with Crippen molar-refractivity contribution >= 4 is 18.4 Å². The lowest BCUT2D eigenvalue weighted by Crippen LogP contribution is -2.34. The van der Waals surface area contributed by atoms with Crippen LogP contribution in [0, 0.1) is 5.82 Å². The summed E-state index contributed by atoms with van der Waals surface area (Å²) >= 11 is 0. The van der Waals surface area contributed by atoms with E-state index in [4.69, 9.17) is 0 Å². The minimum atomic E-state index is -0.397. The van der Waals surface area contributed by atoms with Gasteiger partial charge in [-0.15, -0.1) is 12.4 Å². The molecule has 0 bridgehead atoms. The fourth-order valence-corrected chi connectivity index (χ4v) is 1.62. The third-order valence-electron chi connectivity index (χ3n) is 2.50. The molecule has 2 rings (SSSR count). The minimum absolute atomic E-state index is 0. The molecule has 0 spiro atoms. The zero-order chi connectivity index (χ0) is 9.97. The lowest BCUT2D eigenvalue weighted by molar-refractivity contribution is 0.606. The number of hydrogen-bond donors (Lipinski definition) is 1. The van der Waals surface area contributed by atoms with Crippen LogP contribution < -0.4 is 10.2 Å². The Morgan fingerprint density at radius 3 is 2.67 bits per heavy atom. The second-order valence-electron chi connectivity index (χ2n) is 3.46. The summed E-state index contributed by atoms with van der Waals surface area (Å²) in [6, 6.07) is 0.417. The smallest absolute Gasteiger partial charge is 0.225 e. The summed E-state index contributed by atoms with van der Waals surface area (Å²) in [5, 5.41) is 3.26. The van der Waals surface area contributed by atoms with Gasteiger partial charge in [0, 0.05) is 19.6 Å². The first-order chi connectivity index (χ1) is 6.77. The van der Waals surface area contributed by atoms with E-state index in [2.05, 4.69) is 15.3 Å². The van der Waals surface area contributed by atoms with Crippen molar-refractivity contribution in [1.29, 1.82) is 0 Å². The second-order valence-corrected chi connectivity index (χ2v) is 3.46. The van der Waals surface area contributed by atoms with Crippen LogP contribution in [-0.4, -0.2) is 36.1 Å². The number of rotatable bonds is 2. The van der Waals surface area contributed by atoms with E-state index in [1.54, 1.807) is 0 Å². The van der Waals surface area contributed by atoms with Gasteiger partial charge in [0.1, 0.15) is 0 Å². The van der Waals surface area contributed by atoms with Crippen LogP contribution in [0.15, 0.2) is 12.4 Å². The molecule has 1 saturated heterocycles. The Labute approximate surface area is 94.3 Å². The summed E-state index contributed by atoms with van der Waals surface area (Å²) in [5.41, 5.74) is 0. The molecule has 0 radical (unpaired) electrons. The predicted octanol–water partition coefficient (Wildman–Crippen LogP) is 0.836. The molecule has 0 saturated carbocycles. The van der Waals surface area contributed by atoms with Crippen molar-refractivity contribution in [1.82, 2.24) is 15.3 Å². The zero-order valence-electron chi connectivity index (χ0n) is 8.48. The number of nitrogens with one attached hydrogen (secondary N) is 1. The third kappa shape index (κ3) is 2.76. The molecule has 1 aliphatic heterocycles. The molecule has 1 aromatic rings. The van der Waals surface area contributed by atoms with Gasteiger partial charge in [-0.25, -0.2) is 14.4 Å². The normalized spacial score (nSPS) is 19.7. The SMILES string of the molecule is CN(c1ncc(F)cn1)[C@H]1CCNC1.Cl. The highest BCUT2D eigenvalue weighted by molar-refractivity contribution is 5.85. The van der Waals surface area contributed by atoms with Crippen molar-refractivity contribution in [2.75, 3.05) is 25.0 Å². The monoisotopic (exact) mass is 232 g/mol. The van der Waals surface area contributed by atoms with Crippen LogP contribution in [0.4, 0.5) is 10.3 Å². The van der Waals surface area contributed by atoms with Crippen molar-refractivity contribution < 1.29 is 4.39 Å². The molecule has 4 nitrogen and oxygen atoms in total. The van der Waals surface area contributed by atoms with Crippen LogP contribution in [0.25, 0.3) is 0 Å². The molecular weight excluding hydrogens is 219 g/mol. The predicted molar refractivity (Wildman–Crippen MR) is 58.9 cm³/mol. The van der Waals surface area contributed by atoms with E-state index in [1.807, 2.05) is 11.9 Å². The first kappa shape index (κ1) is 12.1. The average Bonchev–Trinajstić information content (AvgIpc) is 2.71. The molecule has 2 heterocycles. The fourth-order valence-electron chi connectivity index (χ4n) is 1.62. The van der Waals surface area contributed by atoms with Gasteiger partial charge in [-0.3, -0.25) is 0 Å². The van der Waals surface area contributed by atoms with Crippen molar-refractivity contribution in [3.05, 3.63) is 18.2 Å². The summed E-state index contributed by atoms with van der Waals surface area (Å²) in [6.07, 6.45) is 3.47. The van der Waals surface area contributed by atoms with Gasteiger partial charge in [0.05, 0.1) is 12.4 Å². The summed E-state index contributed by atoms with van der Waals surface area (Å²) < 4.78 is 12.6. The molecule has 0 aliphatic carbocycles. The Bertz CT molecular complexity index is 299. The van der Waals surface area contributed by atoms with Gasteiger partial charge in [0.15, 0.2) is 5.82 Å². The summed E-state index contributed by atoms with van der Waals surface area (Å²) in [7, 11) is 1.94. The molecule has 1 aliphatic rings. The van der Waals surface area contributed by atoms with Crippen LogP contribution in [0.5, 0.6) is 0 Å². The number of likely N-dealkylation sites (N-methyl/N-ethyl adjacent to an activating group) is 1. The number of anilines is 1. The lowest BCUT2D eigenvalue weighted by Gasteiger charge is -2.23. The van der Waals surface area contributed by atoms with Crippen molar-refractivity contribution in [2.45, 2.75) is 12.5 Å². The molecule has 6 heteroatoms. The first-order valence-electron chi connectivity index (χ1n) is 4.68. The maximum absolute atomic E-state index is 12.6. The van der Waals surface area contributed by atoms with Gasteiger partial charge < -0.3 is 10.2 Å². The largest absolute Gasteiger partial charge is 0.340 e. The first-order valence-corrected chi connectivity index (χ1v) is 4.68. The average molecular weight is 233 g/mol. The van der Waals surface area contributed by atoms with Gasteiger partial charge >= 0.3 is 0 Å². The van der Waals surface area contributed by atoms with Gasteiger partial charge in [0.2, 0.25) is 5.95 Å². The molecule has 0 aromatic carbocycles. The topological polar surface area (TPSA) is 41.1 Å². The number of nitrogens with zero attached hydrogens (tertiary/aromatic N) is 3. The Kier molecular flexibility index (Phi) is 4.23. The van der Waals surface area contributed by atoms with Crippen LogP contribution in [0.1, 0.15) is 6.42 Å². The van der Waals surface area contributed by atoms with E-state index >= 15 is 0 Å². The minimum Gasteiger partial charge on any atom is -0.340 e. The van der Waals surface area contributed by atoms with Gasteiger partial charge in [0.25, 0.3) is 0 Å². The molecule has 1 fully saturated rings. The number of aromatic nitrogens is 2. The highest BCUT2D eigenvalue weighted by atomic mass is 35.5. The standard InChI is InChI=1S/C9H13FN4.ClH/c1-14(8-2-3-11-6-8)9-12-4-7(10)5-13-9;/h4-5,8,11H,2-3,6H2,1H3;1H/t8-;/m0./s1. The van der Waals surface area contributed by atoms with Crippen molar-refractivity contribution in [3.8, 4) is 0 Å². The van der Waals surface area contributed by atoms with Gasteiger partial charge in [-0.1, -0.05) is 0 Å². The van der Waals surface area contributed by atoms with Crippen molar-refractivity contribution in [3.63, 3.8) is 0 Å². The fraction of sp³-hybridized carbons (Fsp3) is 0.556. The van der Waals surface area contributed by atoms with E-state index < -0.39 is 5.82 Å². The Balaban J connectivity index is 0.00000112. The lowest BCUT2D eigenvalue weighted by atomic mass is 10.2. The molecule has 1 atom stereocenters. The van der Waals surface area contributed by atoms with Crippen LogP contribution in [-0.2, 0) is 0 Å². The summed E-state index contributed by atoms with van der Waals surface area (Å²) in [6.45, 7) is 1.97. The highest BCUT2D eigenvalue weighted by Crippen LogP contribution is 2.12. The Hall–Kier alpha value is -0.940. The zero-order valence-corrected chi connectivity index (χ0v) is 9.30. The van der Waals surface area contributed by atoms with Crippen LogP contribution in [0.3, 0.4) is 0 Å².